The van der Waals surface area contributed by atoms with E-state index in [0.717, 1.165) is 16.1 Å². The molecule has 0 bridgehead atoms. The van der Waals surface area contributed by atoms with E-state index in [4.69, 9.17) is 23.2 Å². The zero-order valence-corrected chi connectivity index (χ0v) is 11.9. The Morgan fingerprint density at radius 3 is 2.44 bits per heavy atom. The fourth-order valence-corrected chi connectivity index (χ4v) is 2.62. The van der Waals surface area contributed by atoms with E-state index in [9.17, 15) is 0 Å². The lowest BCUT2D eigenvalue weighted by Crippen LogP contribution is -2.04. The van der Waals surface area contributed by atoms with Crippen molar-refractivity contribution in [3.8, 4) is 0 Å². The van der Waals surface area contributed by atoms with Crippen LogP contribution in [0.2, 0.25) is 5.02 Å². The number of pyridine rings is 1. The lowest BCUT2D eigenvalue weighted by Gasteiger charge is -2.20. The van der Waals surface area contributed by atoms with Crippen molar-refractivity contribution in [2.45, 2.75) is 25.1 Å². The maximum atomic E-state index is 6.56. The number of alkyl halides is 1. The topological polar surface area (TPSA) is 12.9 Å². The minimum absolute atomic E-state index is 0.139. The largest absolute Gasteiger partial charge is 0.265 e. The number of hydrogen-bond donors (Lipinski definition) is 0. The first-order valence-electron chi connectivity index (χ1n) is 5.90. The van der Waals surface area contributed by atoms with Crippen LogP contribution in [0, 0.1) is 6.92 Å². The quantitative estimate of drug-likeness (QED) is 0.710. The number of rotatable bonds is 3. The lowest BCUT2D eigenvalue weighted by atomic mass is 9.93. The molecule has 1 aromatic carbocycles. The van der Waals surface area contributed by atoms with Crippen molar-refractivity contribution in [1.29, 1.82) is 0 Å². The van der Waals surface area contributed by atoms with Gasteiger partial charge in [0.05, 0.1) is 5.38 Å². The first kappa shape index (κ1) is 13.4. The number of benzene rings is 1. The molecule has 0 aliphatic rings. The molecule has 1 aromatic heterocycles. The number of aryl methyl sites for hydroxylation is 1. The predicted molar refractivity (Wildman–Crippen MR) is 77.4 cm³/mol. The lowest BCUT2D eigenvalue weighted by molar-refractivity contribution is 0.730. The van der Waals surface area contributed by atoms with Crippen LogP contribution in [0.3, 0.4) is 0 Å². The number of aromatic nitrogens is 1. The molecule has 2 aromatic rings. The normalized spacial score (nSPS) is 14.2. The van der Waals surface area contributed by atoms with Crippen molar-refractivity contribution in [2.24, 2.45) is 0 Å². The molecule has 0 N–H and O–H groups in total. The summed E-state index contributed by atoms with van der Waals surface area (Å²) in [6.07, 6.45) is 3.57. The van der Waals surface area contributed by atoms with E-state index in [0.29, 0.717) is 0 Å². The van der Waals surface area contributed by atoms with Gasteiger partial charge in [0.15, 0.2) is 0 Å². The predicted octanol–water partition coefficient (Wildman–Crippen LogP) is 5.13. The van der Waals surface area contributed by atoms with Gasteiger partial charge in [0.2, 0.25) is 0 Å². The van der Waals surface area contributed by atoms with Gasteiger partial charge in [0.25, 0.3) is 0 Å². The first-order chi connectivity index (χ1) is 8.61. The fraction of sp³-hybridized carbons (Fsp3) is 0.267. The van der Waals surface area contributed by atoms with Crippen molar-refractivity contribution in [2.75, 3.05) is 0 Å². The van der Waals surface area contributed by atoms with Crippen LogP contribution in [0.5, 0.6) is 0 Å². The third-order valence-electron chi connectivity index (χ3n) is 3.19. The van der Waals surface area contributed by atoms with Crippen LogP contribution in [-0.4, -0.2) is 4.98 Å². The molecule has 0 saturated heterocycles. The molecule has 2 atom stereocenters. The minimum Gasteiger partial charge on any atom is -0.265 e. The van der Waals surface area contributed by atoms with Crippen molar-refractivity contribution in [3.63, 3.8) is 0 Å². The molecular weight excluding hydrogens is 265 g/mol. The van der Waals surface area contributed by atoms with Crippen molar-refractivity contribution in [1.82, 2.24) is 4.98 Å². The molecule has 0 aliphatic carbocycles. The molecule has 3 heteroatoms. The Bertz CT molecular complexity index is 525. The van der Waals surface area contributed by atoms with E-state index >= 15 is 0 Å². The summed E-state index contributed by atoms with van der Waals surface area (Å²) in [5.74, 6) is 0.189. The SMILES string of the molecule is Cc1cccc(C(Cl)C(C)c2ccncc2)c1Cl. The number of hydrogen-bond acceptors (Lipinski definition) is 1. The Balaban J connectivity index is 2.31. The van der Waals surface area contributed by atoms with Gasteiger partial charge < -0.3 is 0 Å². The van der Waals surface area contributed by atoms with Crippen molar-refractivity contribution in [3.05, 3.63) is 64.4 Å². The average molecular weight is 280 g/mol. The summed E-state index contributed by atoms with van der Waals surface area (Å²) in [5, 5.41) is 0.623. The van der Waals surface area contributed by atoms with E-state index in [2.05, 4.69) is 11.9 Å². The van der Waals surface area contributed by atoms with Crippen LogP contribution in [0.25, 0.3) is 0 Å². The van der Waals surface area contributed by atoms with E-state index in [1.54, 1.807) is 12.4 Å². The van der Waals surface area contributed by atoms with Crippen LogP contribution in [0.4, 0.5) is 0 Å². The molecule has 1 heterocycles. The zero-order chi connectivity index (χ0) is 13.1. The van der Waals surface area contributed by atoms with Gasteiger partial charge in [0, 0.05) is 23.3 Å². The molecule has 0 radical (unpaired) electrons. The molecule has 0 fully saturated rings. The summed E-state index contributed by atoms with van der Waals surface area (Å²) < 4.78 is 0. The summed E-state index contributed by atoms with van der Waals surface area (Å²) >= 11 is 12.9. The second-order valence-electron chi connectivity index (χ2n) is 4.45. The highest BCUT2D eigenvalue weighted by Crippen LogP contribution is 2.39. The molecular formula is C15H15Cl2N. The molecule has 1 nitrogen and oxygen atoms in total. The smallest absolute Gasteiger partial charge is 0.0665 e. The number of halogens is 2. The van der Waals surface area contributed by atoms with Gasteiger partial charge in [-0.05, 0) is 35.7 Å². The Hall–Kier alpha value is -1.05. The van der Waals surface area contributed by atoms with Crippen LogP contribution in [0.1, 0.15) is 34.9 Å². The van der Waals surface area contributed by atoms with E-state index < -0.39 is 0 Å². The summed E-state index contributed by atoms with van der Waals surface area (Å²) in [5.41, 5.74) is 3.21. The maximum absolute atomic E-state index is 6.56. The molecule has 2 rings (SSSR count). The summed E-state index contributed by atoms with van der Waals surface area (Å²) in [6, 6.07) is 9.95. The second kappa shape index (κ2) is 5.73. The van der Waals surface area contributed by atoms with Crippen LogP contribution >= 0.6 is 23.2 Å². The Morgan fingerprint density at radius 2 is 1.78 bits per heavy atom. The highest BCUT2D eigenvalue weighted by molar-refractivity contribution is 6.33. The molecule has 0 aliphatic heterocycles. The van der Waals surface area contributed by atoms with E-state index in [1.807, 2.05) is 37.3 Å². The van der Waals surface area contributed by atoms with Gasteiger partial charge in [-0.25, -0.2) is 0 Å². The third kappa shape index (κ3) is 2.68. The molecule has 0 spiro atoms. The Kier molecular flexibility index (Phi) is 4.26. The number of nitrogens with zero attached hydrogens (tertiary/aromatic N) is 1. The second-order valence-corrected chi connectivity index (χ2v) is 5.30. The molecule has 94 valence electrons. The average Bonchev–Trinajstić information content (AvgIpc) is 2.41. The standard InChI is InChI=1S/C15H15Cl2N/c1-10-4-3-5-13(14(10)16)15(17)11(2)12-6-8-18-9-7-12/h3-9,11,15H,1-2H3. The Labute approximate surface area is 118 Å². The zero-order valence-electron chi connectivity index (χ0n) is 10.4. The molecule has 2 unspecified atom stereocenters. The molecule has 0 amide bonds. The van der Waals surface area contributed by atoms with E-state index in [-0.39, 0.29) is 11.3 Å². The van der Waals surface area contributed by atoms with Crippen LogP contribution < -0.4 is 0 Å². The summed E-state index contributed by atoms with van der Waals surface area (Å²) in [4.78, 5) is 4.02. The van der Waals surface area contributed by atoms with Crippen LogP contribution in [-0.2, 0) is 0 Å². The van der Waals surface area contributed by atoms with Gasteiger partial charge >= 0.3 is 0 Å². The van der Waals surface area contributed by atoms with Crippen molar-refractivity contribution >= 4 is 23.2 Å². The van der Waals surface area contributed by atoms with Gasteiger partial charge in [-0.15, -0.1) is 11.6 Å². The van der Waals surface area contributed by atoms with E-state index in [1.165, 1.54) is 5.56 Å². The summed E-state index contributed by atoms with van der Waals surface area (Å²) in [6.45, 7) is 4.10. The first-order valence-corrected chi connectivity index (χ1v) is 6.71. The van der Waals surface area contributed by atoms with Crippen molar-refractivity contribution < 1.29 is 0 Å². The van der Waals surface area contributed by atoms with Gasteiger partial charge in [-0.1, -0.05) is 36.7 Å². The highest BCUT2D eigenvalue weighted by atomic mass is 35.5. The molecule has 0 saturated carbocycles. The maximum Gasteiger partial charge on any atom is 0.0665 e. The van der Waals surface area contributed by atoms with Gasteiger partial charge in [0.1, 0.15) is 0 Å². The monoisotopic (exact) mass is 279 g/mol. The van der Waals surface area contributed by atoms with Crippen LogP contribution in [0.15, 0.2) is 42.7 Å². The fourth-order valence-electron chi connectivity index (χ4n) is 1.99. The molecule has 18 heavy (non-hydrogen) atoms. The van der Waals surface area contributed by atoms with Gasteiger partial charge in [-0.2, -0.15) is 0 Å². The third-order valence-corrected chi connectivity index (χ3v) is 4.32. The minimum atomic E-state index is -0.139. The summed E-state index contributed by atoms with van der Waals surface area (Å²) in [7, 11) is 0. The highest BCUT2D eigenvalue weighted by Gasteiger charge is 2.21. The Morgan fingerprint density at radius 1 is 1.11 bits per heavy atom. The van der Waals surface area contributed by atoms with Gasteiger partial charge in [-0.3, -0.25) is 4.98 Å².